The second-order valence-electron chi connectivity index (χ2n) is 6.36. The third-order valence-corrected chi connectivity index (χ3v) is 4.29. The maximum atomic E-state index is 12.9. The number of nitrogens with one attached hydrogen (secondary N) is 2. The Kier molecular flexibility index (Phi) is 6.03. The van der Waals surface area contributed by atoms with Crippen LogP contribution in [0.1, 0.15) is 30.3 Å². The molecule has 0 aliphatic carbocycles. The van der Waals surface area contributed by atoms with Crippen LogP contribution in [0.2, 0.25) is 0 Å². The molecule has 3 aromatic rings. The summed E-state index contributed by atoms with van der Waals surface area (Å²) in [4.78, 5) is 20.7. The van der Waals surface area contributed by atoms with Crippen LogP contribution >= 0.6 is 0 Å². The van der Waals surface area contributed by atoms with Crippen molar-refractivity contribution in [1.82, 2.24) is 14.5 Å². The Labute approximate surface area is 158 Å². The number of para-hydroxylation sites is 1. The van der Waals surface area contributed by atoms with Crippen molar-refractivity contribution in [2.45, 2.75) is 33.7 Å². The number of hydrogen-bond donors (Lipinski definition) is 2. The number of benzene rings is 1. The van der Waals surface area contributed by atoms with Gasteiger partial charge in [-0.15, -0.1) is 0 Å². The molecule has 0 saturated carbocycles. The molecule has 0 radical (unpaired) electrons. The normalized spacial score (nSPS) is 11.5. The highest BCUT2D eigenvalue weighted by molar-refractivity contribution is 5.82. The summed E-state index contributed by atoms with van der Waals surface area (Å²) in [5, 5.41) is 4.89. The van der Waals surface area contributed by atoms with Crippen LogP contribution in [0.15, 0.2) is 40.2 Å². The van der Waals surface area contributed by atoms with E-state index in [0.717, 1.165) is 23.4 Å². The molecule has 0 fully saturated rings. The number of aromatic amines is 1. The molecule has 27 heavy (non-hydrogen) atoms. The third-order valence-electron chi connectivity index (χ3n) is 4.29. The van der Waals surface area contributed by atoms with E-state index in [0.29, 0.717) is 36.6 Å². The standard InChI is InChI=1S/C20H25N5O2/c1-4-27-11-7-10-25-19(26)17-8-5-6-9-18(17)23-20(25)24-21-13-16-12-14(2)22-15(16)3/h5-6,8-9,12-13,22H,4,7,10-11H2,1-3H3,(H,23,24)/b21-13+. The highest BCUT2D eigenvalue weighted by atomic mass is 16.5. The second kappa shape index (κ2) is 8.64. The molecule has 0 spiro atoms. The molecular formula is C20H25N5O2. The lowest BCUT2D eigenvalue weighted by atomic mass is 10.2. The van der Waals surface area contributed by atoms with Crippen molar-refractivity contribution in [1.29, 1.82) is 0 Å². The Morgan fingerprint density at radius 2 is 2.15 bits per heavy atom. The van der Waals surface area contributed by atoms with Gasteiger partial charge in [0.05, 0.1) is 17.1 Å². The van der Waals surface area contributed by atoms with E-state index in [1.54, 1.807) is 16.8 Å². The van der Waals surface area contributed by atoms with Gasteiger partial charge in [0.25, 0.3) is 5.56 Å². The zero-order chi connectivity index (χ0) is 19.2. The molecule has 1 aromatic carbocycles. The Morgan fingerprint density at radius 3 is 2.89 bits per heavy atom. The summed E-state index contributed by atoms with van der Waals surface area (Å²) >= 11 is 0. The molecule has 0 aliphatic heterocycles. The lowest BCUT2D eigenvalue weighted by Gasteiger charge is -2.12. The first-order valence-corrected chi connectivity index (χ1v) is 9.12. The van der Waals surface area contributed by atoms with Gasteiger partial charge in [0.1, 0.15) is 0 Å². The van der Waals surface area contributed by atoms with Gasteiger partial charge in [-0.25, -0.2) is 10.4 Å². The van der Waals surface area contributed by atoms with Gasteiger partial charge in [0, 0.05) is 36.7 Å². The fourth-order valence-corrected chi connectivity index (χ4v) is 2.97. The largest absolute Gasteiger partial charge is 0.382 e. The average molecular weight is 367 g/mol. The van der Waals surface area contributed by atoms with E-state index >= 15 is 0 Å². The van der Waals surface area contributed by atoms with Crippen LogP contribution in [0.4, 0.5) is 5.95 Å². The summed E-state index contributed by atoms with van der Waals surface area (Å²) in [5.74, 6) is 0.427. The minimum Gasteiger partial charge on any atom is -0.382 e. The van der Waals surface area contributed by atoms with Crippen molar-refractivity contribution in [3.8, 4) is 0 Å². The van der Waals surface area contributed by atoms with E-state index in [2.05, 4.69) is 20.5 Å². The zero-order valence-electron chi connectivity index (χ0n) is 16.0. The molecule has 7 nitrogen and oxygen atoms in total. The topological polar surface area (TPSA) is 84.3 Å². The number of rotatable bonds is 8. The van der Waals surface area contributed by atoms with Crippen molar-refractivity contribution < 1.29 is 4.74 Å². The molecule has 0 atom stereocenters. The highest BCUT2D eigenvalue weighted by Gasteiger charge is 2.10. The van der Waals surface area contributed by atoms with E-state index in [4.69, 9.17) is 4.74 Å². The van der Waals surface area contributed by atoms with Gasteiger partial charge >= 0.3 is 0 Å². The predicted molar refractivity (Wildman–Crippen MR) is 109 cm³/mol. The minimum atomic E-state index is -0.0801. The summed E-state index contributed by atoms with van der Waals surface area (Å²) in [5.41, 5.74) is 6.61. The first-order chi connectivity index (χ1) is 13.1. The summed E-state index contributed by atoms with van der Waals surface area (Å²) in [7, 11) is 0. The maximum absolute atomic E-state index is 12.9. The molecule has 7 heteroatoms. The van der Waals surface area contributed by atoms with Gasteiger partial charge in [0.2, 0.25) is 5.95 Å². The Morgan fingerprint density at radius 1 is 1.33 bits per heavy atom. The van der Waals surface area contributed by atoms with E-state index in [9.17, 15) is 4.79 Å². The van der Waals surface area contributed by atoms with E-state index in [1.807, 2.05) is 45.0 Å². The molecule has 2 aromatic heterocycles. The number of aryl methyl sites for hydroxylation is 2. The maximum Gasteiger partial charge on any atom is 0.262 e. The molecule has 0 aliphatic rings. The molecule has 2 N–H and O–H groups in total. The van der Waals surface area contributed by atoms with Gasteiger partial charge in [-0.3, -0.25) is 9.36 Å². The van der Waals surface area contributed by atoms with Gasteiger partial charge < -0.3 is 9.72 Å². The van der Waals surface area contributed by atoms with Gasteiger partial charge in [-0.05, 0) is 45.4 Å². The van der Waals surface area contributed by atoms with Crippen molar-refractivity contribution in [3.05, 3.63) is 57.6 Å². The number of aromatic nitrogens is 3. The molecule has 0 unspecified atom stereocenters. The lowest BCUT2D eigenvalue weighted by Crippen LogP contribution is -2.25. The summed E-state index contributed by atoms with van der Waals surface area (Å²) in [6.07, 6.45) is 2.45. The third kappa shape index (κ3) is 4.43. The SMILES string of the molecule is CCOCCCn1c(N/N=C/c2cc(C)[nH]c2C)nc2ccccc2c1=O. The van der Waals surface area contributed by atoms with Crippen LogP contribution in [0.3, 0.4) is 0 Å². The second-order valence-corrected chi connectivity index (χ2v) is 6.36. The average Bonchev–Trinajstić information content (AvgIpc) is 2.98. The quantitative estimate of drug-likeness (QED) is 0.364. The lowest BCUT2D eigenvalue weighted by molar-refractivity contribution is 0.141. The number of H-pyrrole nitrogens is 1. The number of nitrogens with zero attached hydrogens (tertiary/aromatic N) is 3. The number of hydrogen-bond acceptors (Lipinski definition) is 5. The fourth-order valence-electron chi connectivity index (χ4n) is 2.97. The van der Waals surface area contributed by atoms with Crippen LogP contribution in [0.25, 0.3) is 10.9 Å². The first-order valence-electron chi connectivity index (χ1n) is 9.12. The van der Waals surface area contributed by atoms with Gasteiger partial charge in [-0.1, -0.05) is 12.1 Å². The minimum absolute atomic E-state index is 0.0801. The molecule has 3 rings (SSSR count). The van der Waals surface area contributed by atoms with Crippen LogP contribution < -0.4 is 11.0 Å². The summed E-state index contributed by atoms with van der Waals surface area (Å²) < 4.78 is 7.01. The fraction of sp³-hybridized carbons (Fsp3) is 0.350. The Balaban J connectivity index is 1.89. The van der Waals surface area contributed by atoms with E-state index in [-0.39, 0.29) is 5.56 Å². The van der Waals surface area contributed by atoms with Crippen molar-refractivity contribution in [3.63, 3.8) is 0 Å². The van der Waals surface area contributed by atoms with Crippen molar-refractivity contribution in [2.75, 3.05) is 18.6 Å². The molecule has 0 saturated heterocycles. The van der Waals surface area contributed by atoms with Crippen LogP contribution in [-0.2, 0) is 11.3 Å². The van der Waals surface area contributed by atoms with Crippen LogP contribution in [0.5, 0.6) is 0 Å². The molecule has 142 valence electrons. The molecule has 0 bridgehead atoms. The van der Waals surface area contributed by atoms with Gasteiger partial charge in [-0.2, -0.15) is 5.10 Å². The number of anilines is 1. The Hall–Kier alpha value is -2.93. The smallest absolute Gasteiger partial charge is 0.262 e. The predicted octanol–water partition coefficient (Wildman–Crippen LogP) is 3.21. The monoisotopic (exact) mass is 367 g/mol. The van der Waals surface area contributed by atoms with Crippen LogP contribution in [0, 0.1) is 13.8 Å². The van der Waals surface area contributed by atoms with E-state index < -0.39 is 0 Å². The molecule has 2 heterocycles. The first kappa shape index (κ1) is 18.8. The zero-order valence-corrected chi connectivity index (χ0v) is 16.0. The van der Waals surface area contributed by atoms with Crippen molar-refractivity contribution in [2.24, 2.45) is 5.10 Å². The highest BCUT2D eigenvalue weighted by Crippen LogP contribution is 2.12. The van der Waals surface area contributed by atoms with Gasteiger partial charge in [0.15, 0.2) is 0 Å². The van der Waals surface area contributed by atoms with Crippen molar-refractivity contribution >= 4 is 23.1 Å². The Bertz CT molecular complexity index is 1000. The number of ether oxygens (including phenoxy) is 1. The van der Waals surface area contributed by atoms with E-state index in [1.165, 1.54) is 0 Å². The summed E-state index contributed by atoms with van der Waals surface area (Å²) in [6.45, 7) is 7.72. The number of hydrazone groups is 1. The number of fused-ring (bicyclic) bond motifs is 1. The summed E-state index contributed by atoms with van der Waals surface area (Å²) in [6, 6.07) is 9.35. The van der Waals surface area contributed by atoms with Crippen LogP contribution in [-0.4, -0.2) is 34.0 Å². The molecule has 0 amide bonds. The molecular weight excluding hydrogens is 342 g/mol.